The van der Waals surface area contributed by atoms with Crippen LogP contribution in [0.4, 0.5) is 0 Å². The fraction of sp³-hybridized carbons (Fsp3) is 0.353. The van der Waals surface area contributed by atoms with Gasteiger partial charge in [0.15, 0.2) is 6.10 Å². The van der Waals surface area contributed by atoms with Crippen molar-refractivity contribution in [2.24, 2.45) is 0 Å². The van der Waals surface area contributed by atoms with Crippen molar-refractivity contribution in [2.45, 2.75) is 25.7 Å². The quantitative estimate of drug-likeness (QED) is 0.727. The van der Waals surface area contributed by atoms with Crippen LogP contribution in [0.15, 0.2) is 41.0 Å². The lowest BCUT2D eigenvalue weighted by Crippen LogP contribution is -2.37. The van der Waals surface area contributed by atoms with Gasteiger partial charge in [0, 0.05) is 17.3 Å². The summed E-state index contributed by atoms with van der Waals surface area (Å²) < 4.78 is 10.9. The highest BCUT2D eigenvalue weighted by molar-refractivity contribution is 7.98. The van der Waals surface area contributed by atoms with Crippen LogP contribution in [0.5, 0.6) is 5.75 Å². The smallest absolute Gasteiger partial charge is 0.260 e. The first-order valence-corrected chi connectivity index (χ1v) is 8.90. The fourth-order valence-corrected chi connectivity index (χ4v) is 2.93. The molecular weight excluding hydrogens is 334 g/mol. The highest BCUT2D eigenvalue weighted by atomic mass is 35.5. The van der Waals surface area contributed by atoms with Crippen LogP contribution < -0.4 is 10.1 Å². The van der Waals surface area contributed by atoms with Crippen LogP contribution in [0.25, 0.3) is 0 Å². The second-order valence-electron chi connectivity index (χ2n) is 5.09. The van der Waals surface area contributed by atoms with E-state index in [9.17, 15) is 4.79 Å². The van der Waals surface area contributed by atoms with E-state index in [1.165, 1.54) is 0 Å². The zero-order valence-electron chi connectivity index (χ0n) is 13.2. The third kappa shape index (κ3) is 5.84. The zero-order chi connectivity index (χ0) is 16.7. The first kappa shape index (κ1) is 17.8. The Morgan fingerprint density at radius 1 is 1.43 bits per heavy atom. The summed E-state index contributed by atoms with van der Waals surface area (Å²) in [7, 11) is 0. The summed E-state index contributed by atoms with van der Waals surface area (Å²) in [5, 5.41) is 3.53. The largest absolute Gasteiger partial charge is 0.481 e. The van der Waals surface area contributed by atoms with Crippen LogP contribution in [0, 0.1) is 6.92 Å². The lowest BCUT2D eigenvalue weighted by Gasteiger charge is -2.16. The van der Waals surface area contributed by atoms with E-state index >= 15 is 0 Å². The molecule has 1 amide bonds. The molecule has 0 aliphatic carbocycles. The Balaban J connectivity index is 1.68. The summed E-state index contributed by atoms with van der Waals surface area (Å²) in [5.41, 5.74) is 0.908. The van der Waals surface area contributed by atoms with Gasteiger partial charge in [-0.05, 0) is 49.7 Å². The van der Waals surface area contributed by atoms with Crippen molar-refractivity contribution in [1.29, 1.82) is 0 Å². The molecule has 1 aromatic carbocycles. The van der Waals surface area contributed by atoms with Gasteiger partial charge in [0.1, 0.15) is 11.5 Å². The van der Waals surface area contributed by atoms with Gasteiger partial charge in [-0.2, -0.15) is 11.8 Å². The molecule has 4 nitrogen and oxygen atoms in total. The van der Waals surface area contributed by atoms with Crippen molar-refractivity contribution in [3.63, 3.8) is 0 Å². The van der Waals surface area contributed by atoms with Gasteiger partial charge in [0.25, 0.3) is 5.91 Å². The Kier molecular flexibility index (Phi) is 6.86. The van der Waals surface area contributed by atoms with Crippen LogP contribution in [0.3, 0.4) is 0 Å². The van der Waals surface area contributed by atoms with Gasteiger partial charge in [0.2, 0.25) is 0 Å². The van der Waals surface area contributed by atoms with E-state index in [1.807, 2.05) is 25.1 Å². The molecular formula is C17H20ClNO3S. The summed E-state index contributed by atoms with van der Waals surface area (Å²) in [6, 6.07) is 9.15. The van der Waals surface area contributed by atoms with Gasteiger partial charge in [-0.3, -0.25) is 4.79 Å². The number of thioether (sulfide) groups is 1. The van der Waals surface area contributed by atoms with Crippen molar-refractivity contribution in [2.75, 3.05) is 12.3 Å². The number of carbonyl (C=O) groups is 1. The fourth-order valence-electron chi connectivity index (χ4n) is 1.95. The molecule has 23 heavy (non-hydrogen) atoms. The van der Waals surface area contributed by atoms with Gasteiger partial charge in [-0.25, -0.2) is 0 Å². The topological polar surface area (TPSA) is 51.5 Å². The Morgan fingerprint density at radius 2 is 2.26 bits per heavy atom. The van der Waals surface area contributed by atoms with Crippen molar-refractivity contribution in [3.8, 4) is 5.75 Å². The molecule has 2 rings (SSSR count). The van der Waals surface area contributed by atoms with Gasteiger partial charge in [-0.1, -0.05) is 11.6 Å². The number of carbonyl (C=O) groups excluding carboxylic acids is 1. The average Bonchev–Trinajstić information content (AvgIpc) is 3.02. The van der Waals surface area contributed by atoms with Crippen molar-refractivity contribution in [1.82, 2.24) is 5.32 Å². The molecule has 2 aromatic rings. The summed E-state index contributed by atoms with van der Waals surface area (Å²) in [5.74, 6) is 3.11. The van der Waals surface area contributed by atoms with E-state index in [2.05, 4.69) is 5.32 Å². The maximum absolute atomic E-state index is 12.0. The van der Waals surface area contributed by atoms with E-state index in [0.29, 0.717) is 17.3 Å². The molecule has 1 unspecified atom stereocenters. The van der Waals surface area contributed by atoms with Crippen LogP contribution in [-0.4, -0.2) is 24.3 Å². The minimum atomic E-state index is -0.551. The van der Waals surface area contributed by atoms with E-state index < -0.39 is 6.10 Å². The number of ether oxygens (including phenoxy) is 1. The first-order valence-electron chi connectivity index (χ1n) is 7.37. The van der Waals surface area contributed by atoms with Gasteiger partial charge >= 0.3 is 0 Å². The average molecular weight is 354 g/mol. The number of furan rings is 1. The van der Waals surface area contributed by atoms with Gasteiger partial charge < -0.3 is 14.5 Å². The minimum Gasteiger partial charge on any atom is -0.481 e. The number of hydrogen-bond acceptors (Lipinski definition) is 4. The molecule has 1 heterocycles. The standard InChI is InChI=1S/C17H20ClNO3S/c1-12-10-14(18)5-6-16(12)22-13(2)17(20)19-7-9-23-11-15-4-3-8-21-15/h3-6,8,10,13H,7,9,11H2,1-2H3,(H,19,20). The minimum absolute atomic E-state index is 0.127. The highest BCUT2D eigenvalue weighted by Crippen LogP contribution is 2.22. The summed E-state index contributed by atoms with van der Waals surface area (Å²) in [4.78, 5) is 12.0. The molecule has 0 aliphatic rings. The van der Waals surface area contributed by atoms with Crippen LogP contribution >= 0.6 is 23.4 Å². The lowest BCUT2D eigenvalue weighted by atomic mass is 10.2. The number of aryl methyl sites for hydroxylation is 1. The third-order valence-electron chi connectivity index (χ3n) is 3.18. The van der Waals surface area contributed by atoms with E-state index in [0.717, 1.165) is 22.8 Å². The number of hydrogen-bond donors (Lipinski definition) is 1. The van der Waals surface area contributed by atoms with E-state index in [1.54, 1.807) is 37.1 Å². The summed E-state index contributed by atoms with van der Waals surface area (Å²) >= 11 is 7.62. The number of rotatable bonds is 8. The predicted octanol–water partition coefficient (Wildman–Crippen LogP) is 4.06. The van der Waals surface area contributed by atoms with Gasteiger partial charge in [0.05, 0.1) is 12.0 Å². The van der Waals surface area contributed by atoms with Crippen molar-refractivity contribution in [3.05, 3.63) is 52.9 Å². The van der Waals surface area contributed by atoms with Gasteiger partial charge in [-0.15, -0.1) is 0 Å². The second-order valence-corrected chi connectivity index (χ2v) is 6.63. The zero-order valence-corrected chi connectivity index (χ0v) is 14.7. The van der Waals surface area contributed by atoms with E-state index in [4.69, 9.17) is 20.8 Å². The molecule has 0 saturated carbocycles. The van der Waals surface area contributed by atoms with Crippen molar-refractivity contribution >= 4 is 29.3 Å². The maximum atomic E-state index is 12.0. The molecule has 0 bridgehead atoms. The van der Waals surface area contributed by atoms with Crippen LogP contribution in [0.2, 0.25) is 5.02 Å². The van der Waals surface area contributed by atoms with Crippen LogP contribution in [0.1, 0.15) is 18.2 Å². The Morgan fingerprint density at radius 3 is 2.96 bits per heavy atom. The molecule has 0 aliphatic heterocycles. The molecule has 1 N–H and O–H groups in total. The monoisotopic (exact) mass is 353 g/mol. The maximum Gasteiger partial charge on any atom is 0.260 e. The molecule has 0 spiro atoms. The number of amides is 1. The number of halogens is 1. The molecule has 124 valence electrons. The molecule has 1 aromatic heterocycles. The van der Waals surface area contributed by atoms with E-state index in [-0.39, 0.29) is 5.91 Å². The predicted molar refractivity (Wildman–Crippen MR) is 94.2 cm³/mol. The first-order chi connectivity index (χ1) is 11.1. The third-order valence-corrected chi connectivity index (χ3v) is 4.40. The second kappa shape index (κ2) is 8.89. The molecule has 0 fully saturated rings. The van der Waals surface area contributed by atoms with Crippen LogP contribution in [-0.2, 0) is 10.5 Å². The summed E-state index contributed by atoms with van der Waals surface area (Å²) in [6.07, 6.45) is 1.11. The molecule has 0 radical (unpaired) electrons. The highest BCUT2D eigenvalue weighted by Gasteiger charge is 2.15. The molecule has 1 atom stereocenters. The lowest BCUT2D eigenvalue weighted by molar-refractivity contribution is -0.127. The Labute approximate surface area is 145 Å². The molecule has 6 heteroatoms. The number of nitrogens with one attached hydrogen (secondary N) is 1. The Hall–Kier alpha value is -1.59. The number of benzene rings is 1. The Bertz CT molecular complexity index is 631. The normalized spacial score (nSPS) is 12.0. The van der Waals surface area contributed by atoms with Crippen molar-refractivity contribution < 1.29 is 13.9 Å². The summed E-state index contributed by atoms with van der Waals surface area (Å²) in [6.45, 7) is 4.23. The molecule has 0 saturated heterocycles. The SMILES string of the molecule is Cc1cc(Cl)ccc1OC(C)C(=O)NCCSCc1ccco1.